The van der Waals surface area contributed by atoms with E-state index < -0.39 is 5.97 Å². The Labute approximate surface area is 163 Å². The van der Waals surface area contributed by atoms with Crippen LogP contribution >= 0.6 is 22.9 Å². The number of aromatic carboxylic acids is 1. The van der Waals surface area contributed by atoms with Gasteiger partial charge in [-0.1, -0.05) is 65.2 Å². The molecule has 2 nitrogen and oxygen atoms in total. The minimum atomic E-state index is -0.822. The molecule has 0 aliphatic heterocycles. The molecule has 0 spiro atoms. The van der Waals surface area contributed by atoms with Crippen LogP contribution in [-0.2, 0) is 6.42 Å². The second-order valence-corrected chi connectivity index (χ2v) is 8.94. The van der Waals surface area contributed by atoms with Crippen LogP contribution < -0.4 is 0 Å². The van der Waals surface area contributed by atoms with E-state index in [0.717, 1.165) is 23.6 Å². The standard InChI is InChI=1S/C13H25Cl.C8H10O2S/c1-2-3-4-5-6-7-8-12-9-10-13(14)11-12;1-2-3-6-4-5-7(11-6)8(9)10/h12-13H,2-11H2,1H3;4-5H,2-3H2,1H3,(H,9,10)/t12-,13+;/m0./s1. The summed E-state index contributed by atoms with van der Waals surface area (Å²) in [5, 5.41) is 9.08. The molecule has 1 aliphatic carbocycles. The molecule has 0 radical (unpaired) electrons. The van der Waals surface area contributed by atoms with Crippen molar-refractivity contribution in [3.8, 4) is 0 Å². The highest BCUT2D eigenvalue weighted by Crippen LogP contribution is 2.32. The van der Waals surface area contributed by atoms with Crippen LogP contribution in [0.1, 0.15) is 99.0 Å². The normalized spacial score (nSPS) is 19.5. The van der Waals surface area contributed by atoms with Gasteiger partial charge in [0.05, 0.1) is 0 Å². The molecule has 1 fully saturated rings. The average molecular weight is 387 g/mol. The predicted molar refractivity (Wildman–Crippen MR) is 110 cm³/mol. The van der Waals surface area contributed by atoms with Crippen LogP contribution in [0.5, 0.6) is 0 Å². The molecule has 4 heteroatoms. The van der Waals surface area contributed by atoms with Crippen molar-refractivity contribution in [1.29, 1.82) is 0 Å². The number of carbonyl (C=O) groups is 1. The van der Waals surface area contributed by atoms with Gasteiger partial charge >= 0.3 is 5.97 Å². The van der Waals surface area contributed by atoms with Crippen molar-refractivity contribution in [1.82, 2.24) is 0 Å². The summed E-state index contributed by atoms with van der Waals surface area (Å²) in [6.45, 7) is 4.36. The first-order valence-electron chi connectivity index (χ1n) is 10.0. The first kappa shape index (κ1) is 22.5. The van der Waals surface area contributed by atoms with Crippen molar-refractivity contribution < 1.29 is 9.90 Å². The lowest BCUT2D eigenvalue weighted by Gasteiger charge is -2.08. The summed E-state index contributed by atoms with van der Waals surface area (Å²) in [6, 6.07) is 3.55. The van der Waals surface area contributed by atoms with Gasteiger partial charge in [0.25, 0.3) is 0 Å². The minimum Gasteiger partial charge on any atom is -0.477 e. The van der Waals surface area contributed by atoms with Crippen LogP contribution in [0.15, 0.2) is 12.1 Å². The summed E-state index contributed by atoms with van der Waals surface area (Å²) in [6.07, 6.45) is 16.0. The summed E-state index contributed by atoms with van der Waals surface area (Å²) >= 11 is 7.45. The number of unbranched alkanes of at least 4 members (excludes halogenated alkanes) is 5. The highest BCUT2D eigenvalue weighted by molar-refractivity contribution is 7.13. The van der Waals surface area contributed by atoms with Gasteiger partial charge in [0.1, 0.15) is 4.88 Å². The zero-order chi connectivity index (χ0) is 18.5. The summed E-state index contributed by atoms with van der Waals surface area (Å²) in [5.74, 6) is 0.140. The molecule has 1 aromatic rings. The number of hydrogen-bond donors (Lipinski definition) is 1. The molecule has 1 saturated carbocycles. The Morgan fingerprint density at radius 1 is 1.12 bits per heavy atom. The Bertz CT molecular complexity index is 472. The van der Waals surface area contributed by atoms with Crippen LogP contribution in [-0.4, -0.2) is 16.5 Å². The summed E-state index contributed by atoms with van der Waals surface area (Å²) < 4.78 is 0. The van der Waals surface area contributed by atoms with Crippen molar-refractivity contribution in [2.75, 3.05) is 0 Å². The van der Waals surface area contributed by atoms with Gasteiger partial charge in [-0.25, -0.2) is 4.79 Å². The number of halogens is 1. The van der Waals surface area contributed by atoms with Gasteiger partial charge < -0.3 is 5.11 Å². The highest BCUT2D eigenvalue weighted by atomic mass is 35.5. The van der Waals surface area contributed by atoms with Gasteiger partial charge in [0, 0.05) is 10.3 Å². The molecule has 0 unspecified atom stereocenters. The summed E-state index contributed by atoms with van der Waals surface area (Å²) in [5.41, 5.74) is 0. The average Bonchev–Trinajstić information content (AvgIpc) is 3.21. The van der Waals surface area contributed by atoms with E-state index in [-0.39, 0.29) is 0 Å². The molecule has 2 atom stereocenters. The van der Waals surface area contributed by atoms with E-state index in [9.17, 15) is 4.79 Å². The van der Waals surface area contributed by atoms with Crippen LogP contribution in [0, 0.1) is 5.92 Å². The van der Waals surface area contributed by atoms with Gasteiger partial charge in [-0.15, -0.1) is 22.9 Å². The number of aryl methyl sites for hydroxylation is 1. The quantitative estimate of drug-likeness (QED) is 0.333. The SMILES string of the molecule is CCCCCCCC[C@H]1CC[C@@H](Cl)C1.CCCc1ccc(C(=O)O)s1. The third-order valence-corrected chi connectivity index (χ3v) is 6.34. The molecule has 2 rings (SSSR count). The first-order valence-corrected chi connectivity index (χ1v) is 11.3. The van der Waals surface area contributed by atoms with Crippen LogP contribution in [0.2, 0.25) is 0 Å². The second kappa shape index (κ2) is 13.6. The zero-order valence-corrected chi connectivity index (χ0v) is 17.5. The zero-order valence-electron chi connectivity index (χ0n) is 15.9. The van der Waals surface area contributed by atoms with Gasteiger partial charge in [-0.05, 0) is 43.7 Å². The molecule has 25 heavy (non-hydrogen) atoms. The fourth-order valence-electron chi connectivity index (χ4n) is 3.36. The molecule has 1 N–H and O–H groups in total. The molecule has 0 saturated heterocycles. The lowest BCUT2D eigenvalue weighted by atomic mass is 9.99. The van der Waals surface area contributed by atoms with E-state index >= 15 is 0 Å². The van der Waals surface area contributed by atoms with Crippen molar-refractivity contribution in [3.63, 3.8) is 0 Å². The van der Waals surface area contributed by atoms with Gasteiger partial charge in [-0.3, -0.25) is 0 Å². The molecule has 0 bridgehead atoms. The number of carboxylic acid groups (broad SMARTS) is 1. The molecule has 144 valence electrons. The van der Waals surface area contributed by atoms with E-state index in [4.69, 9.17) is 16.7 Å². The predicted octanol–water partition coefficient (Wildman–Crippen LogP) is 7.54. The number of hydrogen-bond acceptors (Lipinski definition) is 2. The third-order valence-electron chi connectivity index (χ3n) is 4.81. The van der Waals surface area contributed by atoms with E-state index in [0.29, 0.717) is 10.3 Å². The maximum absolute atomic E-state index is 10.4. The lowest BCUT2D eigenvalue weighted by Crippen LogP contribution is -1.95. The Kier molecular flexibility index (Phi) is 12.3. The largest absolute Gasteiger partial charge is 0.477 e. The van der Waals surface area contributed by atoms with Crippen molar-refractivity contribution in [2.24, 2.45) is 5.92 Å². The third kappa shape index (κ3) is 10.3. The van der Waals surface area contributed by atoms with Crippen LogP contribution in [0.4, 0.5) is 0 Å². The fraction of sp³-hybridized carbons (Fsp3) is 0.762. The lowest BCUT2D eigenvalue weighted by molar-refractivity contribution is 0.0702. The molecule has 1 aliphatic rings. The summed E-state index contributed by atoms with van der Waals surface area (Å²) in [7, 11) is 0. The Balaban J connectivity index is 0.000000257. The monoisotopic (exact) mass is 386 g/mol. The van der Waals surface area contributed by atoms with E-state index in [1.165, 1.54) is 75.5 Å². The molecule has 1 heterocycles. The maximum Gasteiger partial charge on any atom is 0.345 e. The Morgan fingerprint density at radius 2 is 1.84 bits per heavy atom. The van der Waals surface area contributed by atoms with Crippen LogP contribution in [0.3, 0.4) is 0 Å². The topological polar surface area (TPSA) is 37.3 Å². The minimum absolute atomic E-state index is 0.438. The first-order chi connectivity index (χ1) is 12.1. The van der Waals surface area contributed by atoms with Crippen molar-refractivity contribution in [2.45, 2.75) is 96.3 Å². The van der Waals surface area contributed by atoms with Gasteiger partial charge in [0.2, 0.25) is 0 Å². The molecule has 1 aromatic heterocycles. The van der Waals surface area contributed by atoms with E-state index in [1.807, 2.05) is 6.07 Å². The highest BCUT2D eigenvalue weighted by Gasteiger charge is 2.21. The van der Waals surface area contributed by atoms with Crippen LogP contribution in [0.25, 0.3) is 0 Å². The van der Waals surface area contributed by atoms with Crippen molar-refractivity contribution >= 4 is 28.9 Å². The molecule has 0 aromatic carbocycles. The smallest absolute Gasteiger partial charge is 0.345 e. The second-order valence-electron chi connectivity index (χ2n) is 7.15. The van der Waals surface area contributed by atoms with Crippen molar-refractivity contribution in [3.05, 3.63) is 21.9 Å². The molecule has 0 amide bonds. The number of rotatable bonds is 10. The summed E-state index contributed by atoms with van der Waals surface area (Å²) in [4.78, 5) is 12.0. The Hall–Kier alpha value is -0.540. The van der Waals surface area contributed by atoms with Gasteiger partial charge in [0.15, 0.2) is 0 Å². The fourth-order valence-corrected chi connectivity index (χ4v) is 4.69. The molecular formula is C21H35ClO2S. The Morgan fingerprint density at radius 3 is 2.40 bits per heavy atom. The number of alkyl halides is 1. The number of thiophene rings is 1. The van der Waals surface area contributed by atoms with Gasteiger partial charge in [-0.2, -0.15) is 0 Å². The molecular weight excluding hydrogens is 352 g/mol. The maximum atomic E-state index is 10.4. The van der Waals surface area contributed by atoms with E-state index in [2.05, 4.69) is 13.8 Å². The van der Waals surface area contributed by atoms with E-state index in [1.54, 1.807) is 6.07 Å². The number of carboxylic acids is 1.